The Balaban J connectivity index is 1.30. The van der Waals surface area contributed by atoms with Gasteiger partial charge in [0.15, 0.2) is 5.82 Å². The number of nitrogens with zero attached hydrogens (tertiary/aromatic N) is 6. The van der Waals surface area contributed by atoms with E-state index in [0.717, 1.165) is 50.2 Å². The van der Waals surface area contributed by atoms with Crippen LogP contribution in [0.1, 0.15) is 18.7 Å². The van der Waals surface area contributed by atoms with Crippen LogP contribution in [0.2, 0.25) is 0 Å². The topological polar surface area (TPSA) is 62.1 Å². The molecule has 1 N–H and O–H groups in total. The Morgan fingerprint density at radius 3 is 2.44 bits per heavy atom. The van der Waals surface area contributed by atoms with Crippen molar-refractivity contribution in [3.8, 4) is 5.69 Å². The second-order valence-electron chi connectivity index (χ2n) is 7.11. The molecule has 3 heterocycles. The van der Waals surface area contributed by atoms with Crippen molar-refractivity contribution in [3.63, 3.8) is 0 Å². The second-order valence-corrected chi connectivity index (χ2v) is 7.11. The minimum atomic E-state index is 0.809. The molecule has 2 saturated heterocycles. The summed E-state index contributed by atoms with van der Waals surface area (Å²) in [5.41, 5.74) is 1.02. The highest BCUT2D eigenvalue weighted by atomic mass is 15.5. The third-order valence-corrected chi connectivity index (χ3v) is 5.34. The Labute approximate surface area is 149 Å². The van der Waals surface area contributed by atoms with Crippen molar-refractivity contribution in [1.82, 2.24) is 35.3 Å². The van der Waals surface area contributed by atoms with Crippen LogP contribution in [0.5, 0.6) is 0 Å². The summed E-state index contributed by atoms with van der Waals surface area (Å²) in [6, 6.07) is 10.1. The summed E-state index contributed by atoms with van der Waals surface area (Å²) in [5.74, 6) is 1.79. The van der Waals surface area contributed by atoms with Gasteiger partial charge in [0.2, 0.25) is 0 Å². The molecule has 2 aliphatic rings. The molecule has 1 aromatic carbocycles. The van der Waals surface area contributed by atoms with E-state index >= 15 is 0 Å². The van der Waals surface area contributed by atoms with Crippen molar-refractivity contribution < 1.29 is 0 Å². The Morgan fingerprint density at radius 1 is 0.960 bits per heavy atom. The van der Waals surface area contributed by atoms with Crippen molar-refractivity contribution in [2.45, 2.75) is 19.4 Å². The van der Waals surface area contributed by atoms with Crippen molar-refractivity contribution >= 4 is 0 Å². The van der Waals surface area contributed by atoms with Crippen molar-refractivity contribution in [2.75, 3.05) is 45.8 Å². The van der Waals surface area contributed by atoms with Crippen molar-refractivity contribution in [3.05, 3.63) is 36.2 Å². The lowest BCUT2D eigenvalue weighted by molar-refractivity contribution is 0.104. The fourth-order valence-electron chi connectivity index (χ4n) is 3.83. The fraction of sp³-hybridized carbons (Fsp3) is 0.611. The van der Waals surface area contributed by atoms with Gasteiger partial charge in [-0.25, -0.2) is 0 Å². The molecule has 2 aliphatic heterocycles. The zero-order valence-electron chi connectivity index (χ0n) is 14.7. The summed E-state index contributed by atoms with van der Waals surface area (Å²) in [6.07, 6.45) is 2.65. The highest BCUT2D eigenvalue weighted by Gasteiger charge is 2.22. The monoisotopic (exact) mass is 341 g/mol. The van der Waals surface area contributed by atoms with E-state index in [1.165, 1.54) is 32.5 Å². The van der Waals surface area contributed by atoms with Crippen molar-refractivity contribution in [2.24, 2.45) is 5.92 Å². The maximum absolute atomic E-state index is 4.24. The molecule has 0 aliphatic carbocycles. The number of piperazine rings is 1. The Bertz CT molecular complexity index is 642. The van der Waals surface area contributed by atoms with E-state index in [0.29, 0.717) is 0 Å². The summed E-state index contributed by atoms with van der Waals surface area (Å²) < 4.78 is 1.85. The molecule has 7 heteroatoms. The second kappa shape index (κ2) is 8.03. The molecular formula is C18H27N7. The molecule has 0 atom stereocenters. The van der Waals surface area contributed by atoms with Gasteiger partial charge in [-0.05, 0) is 54.4 Å². The van der Waals surface area contributed by atoms with Crippen LogP contribution in [-0.4, -0.2) is 75.8 Å². The SMILES string of the molecule is c1ccc(-n2nnnc2CN2CCN(CC3CCNCC3)CC2)cc1. The molecular weight excluding hydrogens is 314 g/mol. The first kappa shape index (κ1) is 16.6. The number of benzene rings is 1. The molecule has 25 heavy (non-hydrogen) atoms. The van der Waals surface area contributed by atoms with Crippen LogP contribution in [0.3, 0.4) is 0 Å². The molecule has 4 rings (SSSR count). The highest BCUT2D eigenvalue weighted by Crippen LogP contribution is 2.16. The highest BCUT2D eigenvalue weighted by molar-refractivity contribution is 5.30. The molecule has 2 fully saturated rings. The van der Waals surface area contributed by atoms with Gasteiger partial charge >= 0.3 is 0 Å². The quantitative estimate of drug-likeness (QED) is 0.867. The predicted molar refractivity (Wildman–Crippen MR) is 96.5 cm³/mol. The van der Waals surface area contributed by atoms with Gasteiger partial charge in [0.25, 0.3) is 0 Å². The number of hydrogen-bond acceptors (Lipinski definition) is 6. The fourth-order valence-corrected chi connectivity index (χ4v) is 3.83. The first-order valence-electron chi connectivity index (χ1n) is 9.36. The smallest absolute Gasteiger partial charge is 0.170 e. The van der Waals surface area contributed by atoms with E-state index in [9.17, 15) is 0 Å². The molecule has 0 saturated carbocycles. The third kappa shape index (κ3) is 4.23. The minimum absolute atomic E-state index is 0.809. The number of aromatic nitrogens is 4. The third-order valence-electron chi connectivity index (χ3n) is 5.34. The lowest BCUT2D eigenvalue weighted by Crippen LogP contribution is -2.48. The zero-order chi connectivity index (χ0) is 16.9. The van der Waals surface area contributed by atoms with Crippen LogP contribution in [0.15, 0.2) is 30.3 Å². The van der Waals surface area contributed by atoms with Crippen LogP contribution in [0.25, 0.3) is 5.69 Å². The average molecular weight is 341 g/mol. The average Bonchev–Trinajstić information content (AvgIpc) is 3.13. The Morgan fingerprint density at radius 2 is 1.68 bits per heavy atom. The van der Waals surface area contributed by atoms with Gasteiger partial charge in [0.05, 0.1) is 12.2 Å². The summed E-state index contributed by atoms with van der Waals surface area (Å²) >= 11 is 0. The molecule has 7 nitrogen and oxygen atoms in total. The summed E-state index contributed by atoms with van der Waals surface area (Å²) in [7, 11) is 0. The van der Waals surface area contributed by atoms with Gasteiger partial charge in [-0.15, -0.1) is 5.10 Å². The number of tetrazole rings is 1. The standard InChI is InChI=1S/C18H27N7/c1-2-4-17(5-3-1)25-18(20-21-22-25)15-24-12-10-23(11-13-24)14-16-6-8-19-9-7-16/h1-5,16,19H,6-15H2. The van der Waals surface area contributed by atoms with Crippen LogP contribution in [0, 0.1) is 5.92 Å². The number of piperidine rings is 1. The van der Waals surface area contributed by atoms with Gasteiger partial charge in [-0.1, -0.05) is 18.2 Å². The summed E-state index contributed by atoms with van der Waals surface area (Å²) in [4.78, 5) is 5.09. The van der Waals surface area contributed by atoms with E-state index in [1.54, 1.807) is 0 Å². The lowest BCUT2D eigenvalue weighted by atomic mass is 9.97. The Hall–Kier alpha value is -1.83. The normalized spacial score (nSPS) is 20.8. The molecule has 0 unspecified atom stereocenters. The molecule has 1 aromatic heterocycles. The van der Waals surface area contributed by atoms with Gasteiger partial charge in [-0.3, -0.25) is 4.90 Å². The van der Waals surface area contributed by atoms with Crippen LogP contribution >= 0.6 is 0 Å². The van der Waals surface area contributed by atoms with Gasteiger partial charge in [0, 0.05) is 32.7 Å². The molecule has 2 aromatic rings. The minimum Gasteiger partial charge on any atom is -0.317 e. The zero-order valence-corrected chi connectivity index (χ0v) is 14.7. The number of rotatable bonds is 5. The number of nitrogens with one attached hydrogen (secondary N) is 1. The summed E-state index contributed by atoms with van der Waals surface area (Å²) in [5, 5.41) is 15.7. The van der Waals surface area contributed by atoms with Crippen molar-refractivity contribution in [1.29, 1.82) is 0 Å². The largest absolute Gasteiger partial charge is 0.317 e. The molecule has 0 spiro atoms. The van der Waals surface area contributed by atoms with E-state index < -0.39 is 0 Å². The Kier molecular flexibility index (Phi) is 5.34. The van der Waals surface area contributed by atoms with E-state index in [1.807, 2.05) is 35.0 Å². The molecule has 0 bridgehead atoms. The van der Waals surface area contributed by atoms with E-state index in [4.69, 9.17) is 0 Å². The maximum Gasteiger partial charge on any atom is 0.170 e. The van der Waals surface area contributed by atoms with Crippen LogP contribution < -0.4 is 5.32 Å². The maximum atomic E-state index is 4.24. The molecule has 0 amide bonds. The van der Waals surface area contributed by atoms with E-state index in [2.05, 4.69) is 30.6 Å². The number of para-hydroxylation sites is 1. The van der Waals surface area contributed by atoms with Crippen LogP contribution in [-0.2, 0) is 6.54 Å². The number of hydrogen-bond donors (Lipinski definition) is 1. The van der Waals surface area contributed by atoms with E-state index in [-0.39, 0.29) is 0 Å². The molecule has 0 radical (unpaired) electrons. The van der Waals surface area contributed by atoms with Gasteiger partial charge in [0.1, 0.15) is 0 Å². The first-order valence-corrected chi connectivity index (χ1v) is 9.36. The van der Waals surface area contributed by atoms with Crippen LogP contribution in [0.4, 0.5) is 0 Å². The predicted octanol–water partition coefficient (Wildman–Crippen LogP) is 0.780. The first-order chi connectivity index (χ1) is 12.4. The lowest BCUT2D eigenvalue weighted by Gasteiger charge is -2.37. The van der Waals surface area contributed by atoms with Gasteiger partial charge < -0.3 is 10.2 Å². The van der Waals surface area contributed by atoms with Gasteiger partial charge in [-0.2, -0.15) is 4.68 Å². The summed E-state index contributed by atoms with van der Waals surface area (Å²) in [6.45, 7) is 8.92. The molecule has 134 valence electrons.